The Morgan fingerprint density at radius 1 is 1.21 bits per heavy atom. The molecule has 0 saturated carbocycles. The van der Waals surface area contributed by atoms with E-state index in [9.17, 15) is 0 Å². The van der Waals surface area contributed by atoms with Gasteiger partial charge in [0.1, 0.15) is 0 Å². The SMILES string of the molecule is C#CCNC(=NCCN(C(C)C)C(C)C)NCC.I. The van der Waals surface area contributed by atoms with E-state index < -0.39 is 0 Å². The quantitative estimate of drug-likeness (QED) is 0.307. The number of halogens is 1. The van der Waals surface area contributed by atoms with Gasteiger partial charge in [0.15, 0.2) is 5.96 Å². The third kappa shape index (κ3) is 10.0. The molecule has 5 heteroatoms. The number of hydrogen-bond donors (Lipinski definition) is 2. The Morgan fingerprint density at radius 3 is 2.21 bits per heavy atom. The molecule has 0 heterocycles. The summed E-state index contributed by atoms with van der Waals surface area (Å²) in [5.74, 6) is 3.34. The molecule has 112 valence electrons. The first-order valence-electron chi connectivity index (χ1n) is 6.74. The molecule has 0 aliphatic heterocycles. The molecule has 0 aliphatic carbocycles. The number of aliphatic imine (C=N–C) groups is 1. The molecule has 0 rings (SSSR count). The Morgan fingerprint density at radius 2 is 1.79 bits per heavy atom. The van der Waals surface area contributed by atoms with Crippen LogP contribution < -0.4 is 10.6 Å². The fraction of sp³-hybridized carbons (Fsp3) is 0.786. The van der Waals surface area contributed by atoms with Crippen LogP contribution in [0.3, 0.4) is 0 Å². The molecule has 0 saturated heterocycles. The third-order valence-electron chi connectivity index (χ3n) is 2.66. The standard InChI is InChI=1S/C14H28N4.HI/c1-7-9-16-14(15-8-2)17-10-11-18(12(3)4)13(5)6;/h1,12-13H,8-11H2,2-6H3,(H2,15,16,17);1H. The van der Waals surface area contributed by atoms with Gasteiger partial charge in [0.25, 0.3) is 0 Å². The lowest BCUT2D eigenvalue weighted by molar-refractivity contribution is 0.181. The Bertz CT molecular complexity index is 274. The molecule has 0 amide bonds. The third-order valence-corrected chi connectivity index (χ3v) is 2.66. The smallest absolute Gasteiger partial charge is 0.192 e. The molecule has 0 aromatic heterocycles. The van der Waals surface area contributed by atoms with E-state index in [2.05, 4.69) is 54.1 Å². The van der Waals surface area contributed by atoms with Crippen LogP contribution in [-0.2, 0) is 0 Å². The fourth-order valence-corrected chi connectivity index (χ4v) is 1.87. The van der Waals surface area contributed by atoms with Gasteiger partial charge in [-0.05, 0) is 34.6 Å². The van der Waals surface area contributed by atoms with Crippen molar-refractivity contribution in [2.75, 3.05) is 26.2 Å². The van der Waals surface area contributed by atoms with E-state index in [-0.39, 0.29) is 24.0 Å². The van der Waals surface area contributed by atoms with Crippen LogP contribution in [-0.4, -0.2) is 49.1 Å². The molecular weight excluding hydrogens is 351 g/mol. The number of nitrogens with one attached hydrogen (secondary N) is 2. The second kappa shape index (κ2) is 12.5. The van der Waals surface area contributed by atoms with Gasteiger partial charge in [0.05, 0.1) is 13.1 Å². The van der Waals surface area contributed by atoms with Crippen LogP contribution in [0.5, 0.6) is 0 Å². The van der Waals surface area contributed by atoms with Crippen LogP contribution in [0.25, 0.3) is 0 Å². The maximum Gasteiger partial charge on any atom is 0.192 e. The van der Waals surface area contributed by atoms with E-state index in [0.717, 1.165) is 25.6 Å². The van der Waals surface area contributed by atoms with Gasteiger partial charge in [-0.2, -0.15) is 0 Å². The van der Waals surface area contributed by atoms with Crippen molar-refractivity contribution in [3.8, 4) is 12.3 Å². The van der Waals surface area contributed by atoms with Crippen molar-refractivity contribution in [3.05, 3.63) is 0 Å². The monoisotopic (exact) mass is 380 g/mol. The van der Waals surface area contributed by atoms with Gasteiger partial charge in [-0.25, -0.2) is 0 Å². The van der Waals surface area contributed by atoms with Gasteiger partial charge in [0.2, 0.25) is 0 Å². The van der Waals surface area contributed by atoms with Crippen LogP contribution in [0.1, 0.15) is 34.6 Å². The van der Waals surface area contributed by atoms with E-state index in [1.807, 2.05) is 6.92 Å². The molecule has 0 fully saturated rings. The minimum atomic E-state index is 0. The topological polar surface area (TPSA) is 39.7 Å². The van der Waals surface area contributed by atoms with Crippen LogP contribution >= 0.6 is 24.0 Å². The molecule has 0 unspecified atom stereocenters. The van der Waals surface area contributed by atoms with Gasteiger partial charge in [-0.1, -0.05) is 5.92 Å². The summed E-state index contributed by atoms with van der Waals surface area (Å²) in [6.45, 7) is 14.0. The normalized spacial score (nSPS) is 11.4. The number of hydrogen-bond acceptors (Lipinski definition) is 2. The lowest BCUT2D eigenvalue weighted by Crippen LogP contribution is -2.40. The maximum absolute atomic E-state index is 5.23. The molecule has 2 N–H and O–H groups in total. The first kappa shape index (κ1) is 20.8. The van der Waals surface area contributed by atoms with Crippen LogP contribution in [0.15, 0.2) is 4.99 Å². The van der Waals surface area contributed by atoms with Crippen LogP contribution in [0.4, 0.5) is 0 Å². The molecule has 0 bridgehead atoms. The highest BCUT2D eigenvalue weighted by molar-refractivity contribution is 14.0. The number of nitrogens with zero attached hydrogens (tertiary/aromatic N) is 2. The van der Waals surface area contributed by atoms with E-state index in [1.54, 1.807) is 0 Å². The van der Waals surface area contributed by atoms with Crippen molar-refractivity contribution < 1.29 is 0 Å². The predicted molar refractivity (Wildman–Crippen MR) is 95.2 cm³/mol. The summed E-state index contributed by atoms with van der Waals surface area (Å²) in [5, 5.41) is 6.26. The average molecular weight is 380 g/mol. The van der Waals surface area contributed by atoms with Crippen molar-refractivity contribution in [2.45, 2.75) is 46.7 Å². The molecule has 0 aliphatic rings. The van der Waals surface area contributed by atoms with Gasteiger partial charge in [0, 0.05) is 25.2 Å². The highest BCUT2D eigenvalue weighted by atomic mass is 127. The lowest BCUT2D eigenvalue weighted by Gasteiger charge is -2.29. The van der Waals surface area contributed by atoms with Gasteiger partial charge in [-0.3, -0.25) is 9.89 Å². The summed E-state index contributed by atoms with van der Waals surface area (Å²) in [5.41, 5.74) is 0. The Hall–Kier alpha value is -0.480. The van der Waals surface area contributed by atoms with Gasteiger partial charge >= 0.3 is 0 Å². The van der Waals surface area contributed by atoms with Crippen molar-refractivity contribution in [1.29, 1.82) is 0 Å². The second-order valence-corrected chi connectivity index (χ2v) is 4.74. The first-order chi connectivity index (χ1) is 8.52. The maximum atomic E-state index is 5.23. The zero-order valence-corrected chi connectivity index (χ0v) is 15.2. The van der Waals surface area contributed by atoms with E-state index in [4.69, 9.17) is 6.42 Å². The summed E-state index contributed by atoms with van der Waals surface area (Å²) in [6, 6.07) is 1.09. The number of terminal acetylenes is 1. The van der Waals surface area contributed by atoms with Crippen LogP contribution in [0, 0.1) is 12.3 Å². The predicted octanol–water partition coefficient (Wildman–Crippen LogP) is 1.91. The van der Waals surface area contributed by atoms with Crippen molar-refractivity contribution >= 4 is 29.9 Å². The zero-order chi connectivity index (χ0) is 14.0. The molecule has 0 radical (unpaired) electrons. The Labute approximate surface area is 135 Å². The first-order valence-corrected chi connectivity index (χ1v) is 6.74. The zero-order valence-electron chi connectivity index (χ0n) is 12.9. The highest BCUT2D eigenvalue weighted by Crippen LogP contribution is 2.03. The molecule has 19 heavy (non-hydrogen) atoms. The van der Waals surface area contributed by atoms with E-state index >= 15 is 0 Å². The molecule has 0 atom stereocenters. The minimum absolute atomic E-state index is 0. The van der Waals surface area contributed by atoms with E-state index in [1.165, 1.54) is 0 Å². The summed E-state index contributed by atoms with van der Waals surface area (Å²) >= 11 is 0. The van der Waals surface area contributed by atoms with Gasteiger partial charge in [-0.15, -0.1) is 30.4 Å². The van der Waals surface area contributed by atoms with Crippen LogP contribution in [0.2, 0.25) is 0 Å². The van der Waals surface area contributed by atoms with Crippen molar-refractivity contribution in [3.63, 3.8) is 0 Å². The second-order valence-electron chi connectivity index (χ2n) is 4.74. The van der Waals surface area contributed by atoms with E-state index in [0.29, 0.717) is 18.6 Å². The fourth-order valence-electron chi connectivity index (χ4n) is 1.87. The largest absolute Gasteiger partial charge is 0.357 e. The molecule has 4 nitrogen and oxygen atoms in total. The van der Waals surface area contributed by atoms with Gasteiger partial charge < -0.3 is 10.6 Å². The molecule has 0 aromatic rings. The molecule has 0 aromatic carbocycles. The summed E-state index contributed by atoms with van der Waals surface area (Å²) < 4.78 is 0. The van der Waals surface area contributed by atoms with Crippen molar-refractivity contribution in [2.24, 2.45) is 4.99 Å². The minimum Gasteiger partial charge on any atom is -0.357 e. The molecular formula is C14H29IN4. The molecule has 0 spiro atoms. The Balaban J connectivity index is 0. The number of rotatable bonds is 7. The summed E-state index contributed by atoms with van der Waals surface area (Å²) in [4.78, 5) is 6.94. The summed E-state index contributed by atoms with van der Waals surface area (Å²) in [7, 11) is 0. The average Bonchev–Trinajstić information content (AvgIpc) is 2.30. The Kier molecular flexibility index (Phi) is 13.8. The highest BCUT2D eigenvalue weighted by Gasteiger charge is 2.12. The summed E-state index contributed by atoms with van der Waals surface area (Å²) in [6.07, 6.45) is 5.23. The number of guanidine groups is 1. The lowest BCUT2D eigenvalue weighted by atomic mass is 10.2. The van der Waals surface area contributed by atoms with Crippen molar-refractivity contribution in [1.82, 2.24) is 15.5 Å².